The van der Waals surface area contributed by atoms with Crippen LogP contribution in [0, 0.1) is 0 Å². The quantitative estimate of drug-likeness (QED) is 0.449. The van der Waals surface area contributed by atoms with Crippen molar-refractivity contribution in [2.75, 3.05) is 41.0 Å². The normalized spacial score (nSPS) is 12.0. The molecule has 0 heterocycles. The molecule has 25 heavy (non-hydrogen) atoms. The molecule has 0 unspecified atom stereocenters. The molecule has 138 valence electrons. The summed E-state index contributed by atoms with van der Waals surface area (Å²) in [5.74, 6) is 0. The number of hydrogen-bond donors (Lipinski definition) is 2. The van der Waals surface area contributed by atoms with E-state index in [0.29, 0.717) is 0 Å². The van der Waals surface area contributed by atoms with E-state index in [1.165, 1.54) is 16.3 Å². The summed E-state index contributed by atoms with van der Waals surface area (Å²) >= 11 is 0. The highest BCUT2D eigenvalue weighted by Crippen LogP contribution is 2.18. The molecule has 0 aromatic heterocycles. The Kier molecular flexibility index (Phi) is 8.53. The summed E-state index contributed by atoms with van der Waals surface area (Å²) in [5, 5.41) is 9.57. The first-order chi connectivity index (χ1) is 12.2. The molecule has 6 heteroatoms. The third-order valence-electron chi connectivity index (χ3n) is 4.44. The van der Waals surface area contributed by atoms with Crippen molar-refractivity contribution >= 4 is 19.6 Å². The van der Waals surface area contributed by atoms with E-state index < -0.39 is 8.80 Å². The fraction of sp³-hybridized carbons (Fsp3) is 0.474. The van der Waals surface area contributed by atoms with Crippen LogP contribution in [0.1, 0.15) is 12.0 Å². The smallest absolute Gasteiger partial charge is 0.377 e. The predicted molar refractivity (Wildman–Crippen MR) is 105 cm³/mol. The first-order valence-corrected chi connectivity index (χ1v) is 10.7. The Labute approximate surface area is 152 Å². The highest BCUT2D eigenvalue weighted by molar-refractivity contribution is 6.60. The molecule has 0 atom stereocenters. The van der Waals surface area contributed by atoms with Gasteiger partial charge in [-0.25, -0.2) is 0 Å². The zero-order valence-corrected chi connectivity index (χ0v) is 16.5. The van der Waals surface area contributed by atoms with Crippen molar-refractivity contribution in [3.63, 3.8) is 0 Å². The molecular weight excluding hydrogens is 332 g/mol. The summed E-state index contributed by atoms with van der Waals surface area (Å²) in [6.45, 7) is 3.69. The largest absolute Gasteiger partial charge is 0.500 e. The van der Waals surface area contributed by atoms with Crippen LogP contribution in [0.25, 0.3) is 10.8 Å². The van der Waals surface area contributed by atoms with Crippen LogP contribution in [-0.2, 0) is 19.8 Å². The van der Waals surface area contributed by atoms with Crippen LogP contribution in [-0.4, -0.2) is 49.8 Å². The Bertz CT molecular complexity index is 621. The minimum Gasteiger partial charge on any atom is -0.377 e. The lowest BCUT2D eigenvalue weighted by atomic mass is 10.0. The molecule has 0 saturated carbocycles. The van der Waals surface area contributed by atoms with Gasteiger partial charge in [0.1, 0.15) is 0 Å². The van der Waals surface area contributed by atoms with Gasteiger partial charge in [0.05, 0.1) is 0 Å². The molecule has 0 amide bonds. The lowest BCUT2D eigenvalue weighted by molar-refractivity contribution is 0.123. The van der Waals surface area contributed by atoms with Gasteiger partial charge in [-0.15, -0.1) is 0 Å². The fourth-order valence-corrected chi connectivity index (χ4v) is 4.68. The van der Waals surface area contributed by atoms with E-state index in [-0.39, 0.29) is 0 Å². The van der Waals surface area contributed by atoms with Gasteiger partial charge in [-0.1, -0.05) is 42.5 Å². The first kappa shape index (κ1) is 20.0. The molecule has 0 aliphatic rings. The molecule has 0 aliphatic heterocycles. The summed E-state index contributed by atoms with van der Waals surface area (Å²) in [7, 11) is 2.55. The van der Waals surface area contributed by atoms with Gasteiger partial charge in [-0.3, -0.25) is 0 Å². The van der Waals surface area contributed by atoms with Crippen LogP contribution >= 0.6 is 0 Å². The molecule has 5 nitrogen and oxygen atoms in total. The lowest BCUT2D eigenvalue weighted by Crippen LogP contribution is -2.43. The first-order valence-electron chi connectivity index (χ1n) is 8.78. The Morgan fingerprint density at radius 3 is 2.24 bits per heavy atom. The van der Waals surface area contributed by atoms with Crippen molar-refractivity contribution in [3.8, 4) is 0 Å². The predicted octanol–water partition coefficient (Wildman–Crippen LogP) is 2.79. The molecule has 0 saturated heterocycles. The van der Waals surface area contributed by atoms with E-state index in [1.54, 1.807) is 21.3 Å². The Morgan fingerprint density at radius 2 is 1.48 bits per heavy atom. The summed E-state index contributed by atoms with van der Waals surface area (Å²) in [4.78, 5) is 0. The molecule has 0 bridgehead atoms. The van der Waals surface area contributed by atoms with Gasteiger partial charge in [-0.2, -0.15) is 0 Å². The van der Waals surface area contributed by atoms with Crippen LogP contribution in [0.2, 0.25) is 6.04 Å². The van der Waals surface area contributed by atoms with Gasteiger partial charge in [0.2, 0.25) is 0 Å². The van der Waals surface area contributed by atoms with E-state index in [1.807, 2.05) is 0 Å². The van der Waals surface area contributed by atoms with Crippen LogP contribution in [0.5, 0.6) is 0 Å². The summed E-state index contributed by atoms with van der Waals surface area (Å²) in [6.07, 6.45) is 0.977. The van der Waals surface area contributed by atoms with Crippen molar-refractivity contribution in [3.05, 3.63) is 48.0 Å². The average Bonchev–Trinajstić information content (AvgIpc) is 2.67. The lowest BCUT2D eigenvalue weighted by Gasteiger charge is -2.24. The second-order valence-electron chi connectivity index (χ2n) is 5.96. The second-order valence-corrected chi connectivity index (χ2v) is 9.05. The van der Waals surface area contributed by atoms with Gasteiger partial charge in [0, 0.05) is 47.0 Å². The van der Waals surface area contributed by atoms with E-state index in [9.17, 15) is 0 Å². The minimum absolute atomic E-state index is 0.826. The van der Waals surface area contributed by atoms with E-state index in [4.69, 9.17) is 13.3 Å². The highest BCUT2D eigenvalue weighted by Gasteiger charge is 2.36. The molecule has 0 fully saturated rings. The Hall–Kier alpha value is -1.28. The van der Waals surface area contributed by atoms with E-state index in [2.05, 4.69) is 53.1 Å². The van der Waals surface area contributed by atoms with Crippen molar-refractivity contribution in [2.24, 2.45) is 0 Å². The van der Waals surface area contributed by atoms with Gasteiger partial charge in [0.25, 0.3) is 0 Å². The maximum absolute atomic E-state index is 5.42. The van der Waals surface area contributed by atoms with Gasteiger partial charge < -0.3 is 23.9 Å². The van der Waals surface area contributed by atoms with Gasteiger partial charge in [0.15, 0.2) is 0 Å². The van der Waals surface area contributed by atoms with Crippen LogP contribution in [0.15, 0.2) is 42.5 Å². The maximum atomic E-state index is 5.42. The van der Waals surface area contributed by atoms with Crippen LogP contribution in [0.3, 0.4) is 0 Å². The highest BCUT2D eigenvalue weighted by atomic mass is 28.4. The molecule has 0 radical (unpaired) electrons. The third-order valence-corrected chi connectivity index (χ3v) is 7.28. The zero-order chi connectivity index (χ0) is 18.0. The van der Waals surface area contributed by atoms with Crippen LogP contribution in [0.4, 0.5) is 0 Å². The zero-order valence-electron chi connectivity index (χ0n) is 15.5. The summed E-state index contributed by atoms with van der Waals surface area (Å²) in [5.41, 5.74) is 1.34. The molecular formula is C19H30N2O3Si. The molecule has 2 rings (SSSR count). The van der Waals surface area contributed by atoms with Crippen molar-refractivity contribution < 1.29 is 13.3 Å². The van der Waals surface area contributed by atoms with Gasteiger partial charge in [-0.05, 0) is 29.3 Å². The van der Waals surface area contributed by atoms with Crippen LogP contribution < -0.4 is 10.6 Å². The van der Waals surface area contributed by atoms with Crippen molar-refractivity contribution in [1.29, 1.82) is 0 Å². The SMILES string of the molecule is CO[Si](CCCNCCNCc1cccc2ccccc12)(OC)OC. The number of nitrogens with one attached hydrogen (secondary N) is 2. The Balaban J connectivity index is 1.62. The monoisotopic (exact) mass is 362 g/mol. The summed E-state index contributed by atoms with van der Waals surface area (Å²) < 4.78 is 16.3. The molecule has 2 N–H and O–H groups in total. The maximum Gasteiger partial charge on any atom is 0.500 e. The summed E-state index contributed by atoms with van der Waals surface area (Å²) in [6, 6.07) is 15.8. The number of hydrogen-bond acceptors (Lipinski definition) is 5. The molecule has 2 aromatic carbocycles. The molecule has 0 spiro atoms. The Morgan fingerprint density at radius 1 is 0.800 bits per heavy atom. The third kappa shape index (κ3) is 5.88. The number of fused-ring (bicyclic) bond motifs is 1. The second kappa shape index (κ2) is 10.7. The number of rotatable bonds is 12. The van der Waals surface area contributed by atoms with Gasteiger partial charge >= 0.3 is 8.80 Å². The fourth-order valence-electron chi connectivity index (χ4n) is 2.96. The molecule has 0 aliphatic carbocycles. The van der Waals surface area contributed by atoms with E-state index >= 15 is 0 Å². The van der Waals surface area contributed by atoms with Crippen molar-refractivity contribution in [1.82, 2.24) is 10.6 Å². The average molecular weight is 363 g/mol. The topological polar surface area (TPSA) is 51.8 Å². The van der Waals surface area contributed by atoms with Crippen molar-refractivity contribution in [2.45, 2.75) is 19.0 Å². The standard InChI is InChI=1S/C19H30N2O3Si/c1-22-25(23-2,24-3)15-7-12-20-13-14-21-16-18-10-6-9-17-8-4-5-11-19(17)18/h4-6,8-11,20-21H,7,12-16H2,1-3H3. The number of benzene rings is 2. The minimum atomic E-state index is -2.42. The molecule has 2 aromatic rings. The van der Waals surface area contributed by atoms with E-state index in [0.717, 1.165) is 38.6 Å².